The highest BCUT2D eigenvalue weighted by atomic mass is 16.5. The Morgan fingerprint density at radius 3 is 2.39 bits per heavy atom. The first-order valence-corrected chi connectivity index (χ1v) is 6.92. The number of carbonyl (C=O) groups excluding carboxylic acids is 2. The van der Waals surface area contributed by atoms with E-state index in [0.717, 1.165) is 0 Å². The molecule has 0 spiro atoms. The number of carbonyl (C=O) groups is 2. The Morgan fingerprint density at radius 1 is 1.28 bits per heavy atom. The third kappa shape index (κ3) is 2.68. The maximum atomic E-state index is 12.1. The van der Waals surface area contributed by atoms with E-state index in [9.17, 15) is 9.59 Å². The molecule has 3 atom stereocenters. The lowest BCUT2D eigenvalue weighted by Crippen LogP contribution is -2.43. The Hall–Kier alpha value is -1.06. The summed E-state index contributed by atoms with van der Waals surface area (Å²) in [6, 6.07) is -0.483. The van der Waals surface area contributed by atoms with Crippen LogP contribution in [0.2, 0.25) is 0 Å². The highest BCUT2D eigenvalue weighted by Crippen LogP contribution is 2.57. The Labute approximate surface area is 108 Å². The van der Waals surface area contributed by atoms with Gasteiger partial charge in [-0.05, 0) is 37.0 Å². The molecular formula is C14H23NO3. The molecule has 1 amide bonds. The average molecular weight is 253 g/mol. The zero-order chi connectivity index (χ0) is 13.3. The van der Waals surface area contributed by atoms with Crippen molar-refractivity contribution in [1.29, 1.82) is 0 Å². The fourth-order valence-corrected chi connectivity index (χ4v) is 3.31. The van der Waals surface area contributed by atoms with Gasteiger partial charge in [-0.3, -0.25) is 4.79 Å². The zero-order valence-electron chi connectivity index (χ0n) is 11.4. The van der Waals surface area contributed by atoms with Crippen LogP contribution in [0.5, 0.6) is 0 Å². The number of methoxy groups -OCH3 is 1. The number of ether oxygens (including phenoxy) is 1. The van der Waals surface area contributed by atoms with E-state index in [2.05, 4.69) is 5.32 Å². The van der Waals surface area contributed by atoms with Gasteiger partial charge in [-0.25, -0.2) is 4.79 Å². The predicted molar refractivity (Wildman–Crippen MR) is 67.7 cm³/mol. The number of esters is 1. The molecule has 2 aliphatic rings. The summed E-state index contributed by atoms with van der Waals surface area (Å²) >= 11 is 0. The van der Waals surface area contributed by atoms with Crippen molar-refractivity contribution in [2.24, 2.45) is 23.7 Å². The van der Waals surface area contributed by atoms with Crippen molar-refractivity contribution in [3.63, 3.8) is 0 Å². The summed E-state index contributed by atoms with van der Waals surface area (Å²) in [7, 11) is 1.37. The van der Waals surface area contributed by atoms with Crippen LogP contribution in [0.1, 0.15) is 39.5 Å². The van der Waals surface area contributed by atoms with Crippen LogP contribution >= 0.6 is 0 Å². The number of nitrogens with one attached hydrogen (secondary N) is 1. The molecular weight excluding hydrogens is 230 g/mol. The third-order valence-corrected chi connectivity index (χ3v) is 4.22. The smallest absolute Gasteiger partial charge is 0.328 e. The molecule has 4 heteroatoms. The van der Waals surface area contributed by atoms with Gasteiger partial charge in [0, 0.05) is 5.92 Å². The van der Waals surface area contributed by atoms with Crippen LogP contribution in [0.15, 0.2) is 0 Å². The molecule has 18 heavy (non-hydrogen) atoms. The second-order valence-electron chi connectivity index (χ2n) is 6.00. The number of amides is 1. The molecule has 0 aliphatic heterocycles. The molecule has 0 aromatic carbocycles. The van der Waals surface area contributed by atoms with Crippen molar-refractivity contribution < 1.29 is 14.3 Å². The first-order chi connectivity index (χ1) is 8.54. The van der Waals surface area contributed by atoms with Crippen LogP contribution in [0, 0.1) is 23.7 Å². The molecule has 0 aromatic heterocycles. The van der Waals surface area contributed by atoms with Gasteiger partial charge in [-0.2, -0.15) is 0 Å². The lowest BCUT2D eigenvalue weighted by atomic mass is 10.0. The normalized spacial score (nSPS) is 30.8. The highest BCUT2D eigenvalue weighted by molar-refractivity contribution is 5.87. The molecule has 0 aromatic rings. The van der Waals surface area contributed by atoms with Gasteiger partial charge in [-0.1, -0.05) is 20.3 Å². The molecule has 2 saturated carbocycles. The van der Waals surface area contributed by atoms with E-state index >= 15 is 0 Å². The molecule has 2 aliphatic carbocycles. The van der Waals surface area contributed by atoms with E-state index in [0.29, 0.717) is 24.2 Å². The van der Waals surface area contributed by atoms with Crippen molar-refractivity contribution in [2.75, 3.05) is 7.11 Å². The Balaban J connectivity index is 1.88. The first kappa shape index (κ1) is 13.4. The fourth-order valence-electron chi connectivity index (χ4n) is 3.31. The van der Waals surface area contributed by atoms with E-state index in [-0.39, 0.29) is 17.8 Å². The van der Waals surface area contributed by atoms with Crippen LogP contribution in [0.3, 0.4) is 0 Å². The Kier molecular flexibility index (Phi) is 3.93. The lowest BCUT2D eigenvalue weighted by molar-refractivity contribution is -0.145. The minimum Gasteiger partial charge on any atom is -0.467 e. The Bertz CT molecular complexity index is 330. The van der Waals surface area contributed by atoms with Gasteiger partial charge in [0.15, 0.2) is 0 Å². The van der Waals surface area contributed by atoms with Crippen molar-refractivity contribution in [3.8, 4) is 0 Å². The van der Waals surface area contributed by atoms with E-state index in [4.69, 9.17) is 4.74 Å². The third-order valence-electron chi connectivity index (χ3n) is 4.22. The Morgan fingerprint density at radius 2 is 1.89 bits per heavy atom. The van der Waals surface area contributed by atoms with Crippen molar-refractivity contribution in [1.82, 2.24) is 5.32 Å². The zero-order valence-corrected chi connectivity index (χ0v) is 11.4. The monoisotopic (exact) mass is 253 g/mol. The fraction of sp³-hybridized carbons (Fsp3) is 0.857. The van der Waals surface area contributed by atoms with Gasteiger partial charge in [-0.15, -0.1) is 0 Å². The molecule has 3 unspecified atom stereocenters. The van der Waals surface area contributed by atoms with Gasteiger partial charge in [0.1, 0.15) is 6.04 Å². The van der Waals surface area contributed by atoms with Crippen molar-refractivity contribution in [3.05, 3.63) is 0 Å². The van der Waals surface area contributed by atoms with Gasteiger partial charge in [0.25, 0.3) is 0 Å². The molecule has 0 saturated heterocycles. The molecule has 2 fully saturated rings. The minimum absolute atomic E-state index is 0.0563. The van der Waals surface area contributed by atoms with Crippen molar-refractivity contribution >= 4 is 11.9 Å². The average Bonchev–Trinajstić information content (AvgIpc) is 2.81. The van der Waals surface area contributed by atoms with Crippen LogP contribution in [0.4, 0.5) is 0 Å². The largest absolute Gasteiger partial charge is 0.467 e. The van der Waals surface area contributed by atoms with Crippen LogP contribution < -0.4 is 5.32 Å². The summed E-state index contributed by atoms with van der Waals surface area (Å²) in [5, 5.41) is 2.88. The van der Waals surface area contributed by atoms with Gasteiger partial charge < -0.3 is 10.1 Å². The number of rotatable bonds is 5. The second-order valence-corrected chi connectivity index (χ2v) is 6.00. The summed E-state index contributed by atoms with van der Waals surface area (Å²) in [6.07, 6.45) is 4.25. The number of fused-ring (bicyclic) bond motifs is 1. The highest BCUT2D eigenvalue weighted by Gasteiger charge is 2.56. The van der Waals surface area contributed by atoms with Crippen LogP contribution in [-0.4, -0.2) is 25.0 Å². The molecule has 0 radical (unpaired) electrons. The van der Waals surface area contributed by atoms with Gasteiger partial charge in [0.05, 0.1) is 7.11 Å². The number of hydrogen-bond donors (Lipinski definition) is 1. The predicted octanol–water partition coefficient (Wildman–Crippen LogP) is 1.74. The maximum absolute atomic E-state index is 12.1. The first-order valence-electron chi connectivity index (χ1n) is 6.92. The molecule has 1 N–H and O–H groups in total. The van der Waals surface area contributed by atoms with E-state index < -0.39 is 6.04 Å². The summed E-state index contributed by atoms with van der Waals surface area (Å²) in [5.41, 5.74) is 0. The maximum Gasteiger partial charge on any atom is 0.328 e. The molecule has 4 nitrogen and oxygen atoms in total. The summed E-state index contributed by atoms with van der Waals surface area (Å²) in [6.45, 7) is 4.07. The minimum atomic E-state index is -0.483. The van der Waals surface area contributed by atoms with Gasteiger partial charge in [0.2, 0.25) is 5.91 Å². The molecule has 0 bridgehead atoms. The molecule has 0 heterocycles. The molecule has 2 rings (SSSR count). The molecule has 102 valence electrons. The number of hydrogen-bond acceptors (Lipinski definition) is 3. The van der Waals surface area contributed by atoms with Crippen molar-refractivity contribution in [2.45, 2.75) is 45.6 Å². The SMILES string of the molecule is COC(=O)C(CC(C)C)NC(=O)C1C2CCCC21. The standard InChI is InChI=1S/C14H23NO3/c1-8(2)7-11(14(17)18-3)15-13(16)12-9-5-4-6-10(9)12/h8-12H,4-7H2,1-3H3,(H,15,16). The van der Waals surface area contributed by atoms with E-state index in [1.807, 2.05) is 13.8 Å². The summed E-state index contributed by atoms with van der Waals surface area (Å²) in [5.74, 6) is 1.42. The lowest BCUT2D eigenvalue weighted by Gasteiger charge is -2.18. The van der Waals surface area contributed by atoms with Gasteiger partial charge >= 0.3 is 5.97 Å². The summed E-state index contributed by atoms with van der Waals surface area (Å²) < 4.78 is 4.75. The van der Waals surface area contributed by atoms with Crippen LogP contribution in [-0.2, 0) is 14.3 Å². The second kappa shape index (κ2) is 5.29. The summed E-state index contributed by atoms with van der Waals surface area (Å²) in [4.78, 5) is 23.7. The van der Waals surface area contributed by atoms with E-state index in [1.54, 1.807) is 0 Å². The topological polar surface area (TPSA) is 55.4 Å². The van der Waals surface area contributed by atoms with E-state index in [1.165, 1.54) is 26.4 Å². The van der Waals surface area contributed by atoms with Crippen LogP contribution in [0.25, 0.3) is 0 Å². The quantitative estimate of drug-likeness (QED) is 0.759.